The van der Waals surface area contributed by atoms with Crippen LogP contribution in [0.5, 0.6) is 0 Å². The Morgan fingerprint density at radius 3 is 2.52 bits per heavy atom. The van der Waals surface area contributed by atoms with E-state index < -0.39 is 17.5 Å². The van der Waals surface area contributed by atoms with E-state index in [1.807, 2.05) is 12.1 Å². The molecule has 2 rings (SSSR count). The second kappa shape index (κ2) is 6.19. The normalized spacial score (nSPS) is 11.3. The van der Waals surface area contributed by atoms with Gasteiger partial charge in [0.15, 0.2) is 0 Å². The van der Waals surface area contributed by atoms with Crippen molar-refractivity contribution >= 4 is 34.5 Å². The van der Waals surface area contributed by atoms with E-state index >= 15 is 0 Å². The minimum Gasteiger partial charge on any atom is -0.506 e. The van der Waals surface area contributed by atoms with Crippen LogP contribution in [0.4, 0.5) is 5.69 Å². The average molecular weight is 304 g/mol. The fraction of sp³-hybridized carbons (Fsp3) is 0.0714. The van der Waals surface area contributed by atoms with Crippen LogP contribution in [0.1, 0.15) is 16.3 Å². The Morgan fingerprint density at radius 1 is 1.24 bits per heavy atom. The zero-order valence-corrected chi connectivity index (χ0v) is 11.6. The Morgan fingerprint density at radius 2 is 1.90 bits per heavy atom. The molecule has 108 valence electrons. The van der Waals surface area contributed by atoms with E-state index in [4.69, 9.17) is 10.8 Å². The first kappa shape index (κ1) is 14.7. The van der Waals surface area contributed by atoms with Gasteiger partial charge in [-0.15, -0.1) is 11.3 Å². The number of carboxylic acids is 1. The summed E-state index contributed by atoms with van der Waals surface area (Å²) >= 11 is 1.31. The van der Waals surface area contributed by atoms with Crippen molar-refractivity contribution < 1.29 is 19.8 Å². The minimum absolute atomic E-state index is 0.181. The molecular weight excluding hydrogens is 292 g/mol. The van der Waals surface area contributed by atoms with Crippen LogP contribution in [0.3, 0.4) is 0 Å². The number of carboxylic acid groups (broad SMARTS) is 1. The molecule has 0 radical (unpaired) electrons. The molecule has 0 amide bonds. The van der Waals surface area contributed by atoms with Crippen molar-refractivity contribution in [2.75, 3.05) is 5.73 Å². The Hall–Kier alpha value is -2.67. The molecule has 0 aliphatic rings. The predicted octanol–water partition coefficient (Wildman–Crippen LogP) is 1.87. The predicted molar refractivity (Wildman–Crippen MR) is 79.0 cm³/mol. The lowest BCUT2D eigenvalue weighted by Crippen LogP contribution is -2.09. The summed E-state index contributed by atoms with van der Waals surface area (Å²) in [6.07, 6.45) is 1.20. The van der Waals surface area contributed by atoms with Crippen molar-refractivity contribution in [1.82, 2.24) is 4.98 Å². The highest BCUT2D eigenvalue weighted by molar-refractivity contribution is 7.09. The number of thiazole rings is 1. The molecule has 0 fully saturated rings. The fourth-order valence-electron chi connectivity index (χ4n) is 1.58. The van der Waals surface area contributed by atoms with Gasteiger partial charge in [0.25, 0.3) is 5.78 Å². The molecule has 0 saturated heterocycles. The number of carbonyl (C=O) groups excluding carboxylic acids is 1. The molecule has 0 aliphatic carbocycles. The fourth-order valence-corrected chi connectivity index (χ4v) is 2.40. The van der Waals surface area contributed by atoms with Gasteiger partial charge in [-0.05, 0) is 17.7 Å². The minimum atomic E-state index is -1.63. The SMILES string of the molecule is Nc1ccc(Cc2nc(C(O)=CC(=O)C(=O)O)cs2)cc1. The number of benzene rings is 1. The monoisotopic (exact) mass is 304 g/mol. The third-order valence-electron chi connectivity index (χ3n) is 2.63. The van der Waals surface area contributed by atoms with E-state index in [9.17, 15) is 14.7 Å². The summed E-state index contributed by atoms with van der Waals surface area (Å²) < 4.78 is 0. The van der Waals surface area contributed by atoms with E-state index in [0.29, 0.717) is 18.2 Å². The molecule has 0 atom stereocenters. The van der Waals surface area contributed by atoms with Crippen LogP contribution in [0.25, 0.3) is 5.76 Å². The van der Waals surface area contributed by atoms with Gasteiger partial charge in [0.1, 0.15) is 11.5 Å². The van der Waals surface area contributed by atoms with Crippen LogP contribution in [-0.2, 0) is 16.0 Å². The number of carbonyl (C=O) groups is 2. The van der Waals surface area contributed by atoms with Gasteiger partial charge in [-0.1, -0.05) is 12.1 Å². The molecule has 0 saturated carbocycles. The second-order valence-corrected chi connectivity index (χ2v) is 5.19. The third kappa shape index (κ3) is 3.90. The van der Waals surface area contributed by atoms with Crippen molar-refractivity contribution in [2.24, 2.45) is 0 Å². The molecule has 1 aromatic heterocycles. The van der Waals surface area contributed by atoms with Gasteiger partial charge >= 0.3 is 5.97 Å². The molecule has 21 heavy (non-hydrogen) atoms. The van der Waals surface area contributed by atoms with E-state index in [1.54, 1.807) is 17.5 Å². The van der Waals surface area contributed by atoms with E-state index in [2.05, 4.69) is 4.98 Å². The number of ketones is 1. The number of rotatable bonds is 5. The van der Waals surface area contributed by atoms with Gasteiger partial charge in [-0.3, -0.25) is 4.79 Å². The summed E-state index contributed by atoms with van der Waals surface area (Å²) in [6, 6.07) is 7.32. The maximum Gasteiger partial charge on any atom is 0.376 e. The highest BCUT2D eigenvalue weighted by atomic mass is 32.1. The van der Waals surface area contributed by atoms with Crippen LogP contribution in [0.2, 0.25) is 0 Å². The quantitative estimate of drug-likeness (QED) is 0.336. The molecule has 7 heteroatoms. The van der Waals surface area contributed by atoms with E-state index in [1.165, 1.54) is 11.3 Å². The second-order valence-electron chi connectivity index (χ2n) is 4.24. The smallest absolute Gasteiger partial charge is 0.376 e. The highest BCUT2D eigenvalue weighted by Gasteiger charge is 2.13. The number of nitrogens with zero attached hydrogens (tertiary/aromatic N) is 1. The Bertz CT molecular complexity index is 704. The summed E-state index contributed by atoms with van der Waals surface area (Å²) in [6.45, 7) is 0. The molecule has 4 N–H and O–H groups in total. The molecule has 0 aliphatic heterocycles. The van der Waals surface area contributed by atoms with Crippen molar-refractivity contribution in [1.29, 1.82) is 0 Å². The number of aliphatic hydroxyl groups is 1. The molecule has 0 spiro atoms. The maximum absolute atomic E-state index is 11.0. The summed E-state index contributed by atoms with van der Waals surface area (Å²) in [4.78, 5) is 25.6. The maximum atomic E-state index is 11.0. The molecule has 0 bridgehead atoms. The van der Waals surface area contributed by atoms with Crippen LogP contribution >= 0.6 is 11.3 Å². The number of aliphatic hydroxyl groups excluding tert-OH is 1. The topological polar surface area (TPSA) is 114 Å². The van der Waals surface area contributed by atoms with Gasteiger partial charge in [-0.2, -0.15) is 0 Å². The van der Waals surface area contributed by atoms with Crippen LogP contribution in [-0.4, -0.2) is 26.9 Å². The summed E-state index contributed by atoms with van der Waals surface area (Å²) in [5.74, 6) is -3.28. The first-order chi connectivity index (χ1) is 9.95. The number of nitrogens with two attached hydrogens (primary N) is 1. The molecule has 1 heterocycles. The molecular formula is C14H12N2O4S. The molecule has 6 nitrogen and oxygen atoms in total. The molecule has 1 aromatic carbocycles. The Labute approximate surface area is 124 Å². The van der Waals surface area contributed by atoms with Gasteiger partial charge in [-0.25, -0.2) is 9.78 Å². The van der Waals surface area contributed by atoms with Crippen molar-refractivity contribution in [3.05, 3.63) is 52.0 Å². The lowest BCUT2D eigenvalue weighted by molar-refractivity contribution is -0.146. The number of aromatic nitrogens is 1. The molecule has 0 unspecified atom stereocenters. The van der Waals surface area contributed by atoms with Gasteiger partial charge in [0, 0.05) is 23.6 Å². The number of aliphatic carboxylic acids is 1. The number of anilines is 1. The van der Waals surface area contributed by atoms with Crippen LogP contribution in [0.15, 0.2) is 35.7 Å². The zero-order chi connectivity index (χ0) is 15.4. The van der Waals surface area contributed by atoms with Crippen LogP contribution in [0, 0.1) is 0 Å². The van der Waals surface area contributed by atoms with Gasteiger partial charge < -0.3 is 15.9 Å². The standard InChI is InChI=1S/C14H12N2O4S/c15-9-3-1-8(2-4-9)5-13-16-10(7-21-13)11(17)6-12(18)14(19)20/h1-4,6-7,17H,5,15H2,(H,19,20). The Balaban J connectivity index is 2.12. The van der Waals surface area contributed by atoms with Crippen molar-refractivity contribution in [3.8, 4) is 0 Å². The lowest BCUT2D eigenvalue weighted by Gasteiger charge is -1.98. The largest absolute Gasteiger partial charge is 0.506 e. The summed E-state index contributed by atoms with van der Waals surface area (Å²) in [7, 11) is 0. The van der Waals surface area contributed by atoms with E-state index in [-0.39, 0.29) is 5.69 Å². The first-order valence-corrected chi connectivity index (χ1v) is 6.81. The van der Waals surface area contributed by atoms with Gasteiger partial charge in [0.2, 0.25) is 0 Å². The van der Waals surface area contributed by atoms with Crippen LogP contribution < -0.4 is 5.73 Å². The van der Waals surface area contributed by atoms with Crippen molar-refractivity contribution in [2.45, 2.75) is 6.42 Å². The Kier molecular flexibility index (Phi) is 4.34. The summed E-state index contributed by atoms with van der Waals surface area (Å²) in [5.41, 5.74) is 7.46. The molecule has 2 aromatic rings. The first-order valence-electron chi connectivity index (χ1n) is 5.93. The number of hydrogen-bond acceptors (Lipinski definition) is 6. The van der Waals surface area contributed by atoms with E-state index in [0.717, 1.165) is 10.6 Å². The van der Waals surface area contributed by atoms with Gasteiger partial charge in [0.05, 0.1) is 5.01 Å². The number of nitrogen functional groups attached to an aromatic ring is 1. The zero-order valence-electron chi connectivity index (χ0n) is 10.8. The lowest BCUT2D eigenvalue weighted by atomic mass is 10.1. The number of hydrogen-bond donors (Lipinski definition) is 3. The van der Waals surface area contributed by atoms with Crippen molar-refractivity contribution in [3.63, 3.8) is 0 Å². The summed E-state index contributed by atoms with van der Waals surface area (Å²) in [5, 5.41) is 20.4. The third-order valence-corrected chi connectivity index (χ3v) is 3.48. The average Bonchev–Trinajstić information content (AvgIpc) is 2.90. The highest BCUT2D eigenvalue weighted by Crippen LogP contribution is 2.19.